The van der Waals surface area contributed by atoms with E-state index in [2.05, 4.69) is 0 Å². The molecule has 23 heavy (non-hydrogen) atoms. The molecule has 2 aromatic carbocycles. The van der Waals surface area contributed by atoms with Crippen LogP contribution in [0.25, 0.3) is 0 Å². The van der Waals surface area contributed by atoms with E-state index in [1.165, 1.54) is 0 Å². The Kier molecular flexibility index (Phi) is 5.63. The average molecular weight is 314 g/mol. The molecule has 0 saturated heterocycles. The van der Waals surface area contributed by atoms with Crippen molar-refractivity contribution in [1.82, 2.24) is 0 Å². The van der Waals surface area contributed by atoms with Crippen LogP contribution in [0.1, 0.15) is 29.5 Å². The molecule has 0 aromatic heterocycles. The van der Waals surface area contributed by atoms with E-state index in [-0.39, 0.29) is 0 Å². The molecule has 4 nitrogen and oxygen atoms in total. The van der Waals surface area contributed by atoms with Crippen LogP contribution in [0.5, 0.6) is 11.5 Å². The molecule has 1 N–H and O–H groups in total. The van der Waals surface area contributed by atoms with Crippen molar-refractivity contribution in [2.75, 3.05) is 14.2 Å². The smallest absolute Gasteiger partial charge is 0.311 e. The summed E-state index contributed by atoms with van der Waals surface area (Å²) in [5.41, 5.74) is 2.66. The Morgan fingerprint density at radius 2 is 1.78 bits per heavy atom. The Morgan fingerprint density at radius 3 is 2.39 bits per heavy atom. The van der Waals surface area contributed by atoms with E-state index in [4.69, 9.17) is 9.47 Å². The summed E-state index contributed by atoms with van der Waals surface area (Å²) in [4.78, 5) is 11.9. The molecule has 0 amide bonds. The van der Waals surface area contributed by atoms with Crippen LogP contribution >= 0.6 is 0 Å². The van der Waals surface area contributed by atoms with Crippen LogP contribution < -0.4 is 9.47 Å². The lowest BCUT2D eigenvalue weighted by Gasteiger charge is -2.18. The van der Waals surface area contributed by atoms with Gasteiger partial charge in [-0.15, -0.1) is 0 Å². The minimum absolute atomic E-state index is 0.350. The fraction of sp³-hybridized carbons (Fsp3) is 0.316. The summed E-state index contributed by atoms with van der Waals surface area (Å²) < 4.78 is 10.7. The first-order valence-electron chi connectivity index (χ1n) is 7.62. The van der Waals surface area contributed by atoms with Gasteiger partial charge in [0, 0.05) is 5.56 Å². The number of ether oxygens (including phenoxy) is 2. The van der Waals surface area contributed by atoms with Crippen LogP contribution in [0.4, 0.5) is 0 Å². The van der Waals surface area contributed by atoms with Crippen LogP contribution in [-0.4, -0.2) is 25.3 Å². The molecule has 1 atom stereocenters. The molecular weight excluding hydrogens is 292 g/mol. The van der Waals surface area contributed by atoms with Crippen LogP contribution in [0.3, 0.4) is 0 Å². The van der Waals surface area contributed by atoms with Gasteiger partial charge in [-0.05, 0) is 36.1 Å². The predicted molar refractivity (Wildman–Crippen MR) is 89.4 cm³/mol. The second-order valence-electron chi connectivity index (χ2n) is 5.34. The van der Waals surface area contributed by atoms with E-state index >= 15 is 0 Å². The summed E-state index contributed by atoms with van der Waals surface area (Å²) in [6.07, 6.45) is 1.20. The quantitative estimate of drug-likeness (QED) is 0.847. The minimum Gasteiger partial charge on any atom is -0.496 e. The highest BCUT2D eigenvalue weighted by Crippen LogP contribution is 2.33. The first-order valence-corrected chi connectivity index (χ1v) is 7.62. The molecule has 0 aliphatic carbocycles. The van der Waals surface area contributed by atoms with Gasteiger partial charge in [-0.25, -0.2) is 0 Å². The average Bonchev–Trinajstić information content (AvgIpc) is 2.59. The number of rotatable bonds is 7. The van der Waals surface area contributed by atoms with Gasteiger partial charge in [0.1, 0.15) is 11.5 Å². The Balaban J connectivity index is 2.45. The van der Waals surface area contributed by atoms with Crippen molar-refractivity contribution in [2.24, 2.45) is 0 Å². The topological polar surface area (TPSA) is 55.8 Å². The van der Waals surface area contributed by atoms with Crippen molar-refractivity contribution in [3.8, 4) is 11.5 Å². The molecule has 0 heterocycles. The van der Waals surface area contributed by atoms with E-state index in [9.17, 15) is 9.90 Å². The first kappa shape index (κ1) is 16.9. The second kappa shape index (κ2) is 7.68. The molecule has 0 aliphatic rings. The number of aliphatic carboxylic acids is 1. The first-order chi connectivity index (χ1) is 11.1. The van der Waals surface area contributed by atoms with Gasteiger partial charge in [-0.2, -0.15) is 0 Å². The third-order valence-electron chi connectivity index (χ3n) is 3.99. The Labute approximate surface area is 136 Å². The van der Waals surface area contributed by atoms with Gasteiger partial charge in [-0.1, -0.05) is 37.3 Å². The lowest BCUT2D eigenvalue weighted by Crippen LogP contribution is -2.16. The van der Waals surface area contributed by atoms with Crippen LogP contribution in [0, 0.1) is 0 Å². The van der Waals surface area contributed by atoms with E-state index < -0.39 is 11.9 Å². The molecule has 2 aromatic rings. The van der Waals surface area contributed by atoms with Gasteiger partial charge in [-0.3, -0.25) is 4.79 Å². The lowest BCUT2D eigenvalue weighted by atomic mass is 9.89. The number of carboxylic acid groups (broad SMARTS) is 1. The van der Waals surface area contributed by atoms with Crippen molar-refractivity contribution in [3.63, 3.8) is 0 Å². The number of methoxy groups -OCH3 is 2. The molecule has 2 rings (SSSR count). The number of aryl methyl sites for hydroxylation is 1. The molecule has 0 radical (unpaired) electrons. The number of hydrogen-bond donors (Lipinski definition) is 1. The zero-order chi connectivity index (χ0) is 16.8. The predicted octanol–water partition coefficient (Wildman–Crippen LogP) is 3.68. The maximum atomic E-state index is 11.9. The van der Waals surface area contributed by atoms with E-state index in [1.807, 2.05) is 49.4 Å². The molecule has 0 fully saturated rings. The van der Waals surface area contributed by atoms with Crippen LogP contribution in [-0.2, 0) is 17.6 Å². The highest BCUT2D eigenvalue weighted by Gasteiger charge is 2.25. The van der Waals surface area contributed by atoms with Gasteiger partial charge in [0.2, 0.25) is 0 Å². The maximum Gasteiger partial charge on any atom is 0.311 e. The molecule has 122 valence electrons. The highest BCUT2D eigenvalue weighted by molar-refractivity contribution is 5.78. The SMILES string of the molecule is CCc1ccc(OC)c(C(Cc2ccccc2OC)C(=O)O)c1. The van der Waals surface area contributed by atoms with E-state index in [0.29, 0.717) is 23.5 Å². The lowest BCUT2D eigenvalue weighted by molar-refractivity contribution is -0.138. The van der Waals surface area contributed by atoms with Crippen molar-refractivity contribution in [1.29, 1.82) is 0 Å². The van der Waals surface area contributed by atoms with Gasteiger partial charge in [0.25, 0.3) is 0 Å². The summed E-state index contributed by atoms with van der Waals surface area (Å²) in [7, 11) is 3.15. The summed E-state index contributed by atoms with van der Waals surface area (Å²) in [6.45, 7) is 2.04. The maximum absolute atomic E-state index is 11.9. The Morgan fingerprint density at radius 1 is 1.09 bits per heavy atom. The summed E-state index contributed by atoms with van der Waals surface area (Å²) in [6, 6.07) is 13.2. The molecule has 0 bridgehead atoms. The van der Waals surface area contributed by atoms with Crippen molar-refractivity contribution < 1.29 is 19.4 Å². The molecule has 1 unspecified atom stereocenters. The van der Waals surface area contributed by atoms with E-state index in [0.717, 1.165) is 17.5 Å². The monoisotopic (exact) mass is 314 g/mol. The van der Waals surface area contributed by atoms with Crippen LogP contribution in [0.2, 0.25) is 0 Å². The number of hydrogen-bond acceptors (Lipinski definition) is 3. The number of carboxylic acids is 1. The Bertz CT molecular complexity index is 679. The van der Waals surface area contributed by atoms with Gasteiger partial charge >= 0.3 is 5.97 Å². The normalized spacial score (nSPS) is 11.8. The van der Waals surface area contributed by atoms with Gasteiger partial charge in [0.15, 0.2) is 0 Å². The third kappa shape index (κ3) is 3.83. The largest absolute Gasteiger partial charge is 0.496 e. The zero-order valence-corrected chi connectivity index (χ0v) is 13.7. The van der Waals surface area contributed by atoms with Crippen molar-refractivity contribution >= 4 is 5.97 Å². The second-order valence-corrected chi connectivity index (χ2v) is 5.34. The van der Waals surface area contributed by atoms with Crippen molar-refractivity contribution in [3.05, 3.63) is 59.2 Å². The highest BCUT2D eigenvalue weighted by atomic mass is 16.5. The number of carbonyl (C=O) groups is 1. The molecule has 0 saturated carbocycles. The van der Waals surface area contributed by atoms with Gasteiger partial charge in [0.05, 0.1) is 20.1 Å². The number of para-hydroxylation sites is 1. The van der Waals surface area contributed by atoms with E-state index in [1.54, 1.807) is 14.2 Å². The Hall–Kier alpha value is -2.49. The summed E-state index contributed by atoms with van der Waals surface area (Å²) in [5.74, 6) is -0.260. The minimum atomic E-state index is -0.873. The molecular formula is C19H22O4. The fourth-order valence-electron chi connectivity index (χ4n) is 2.70. The third-order valence-corrected chi connectivity index (χ3v) is 3.99. The standard InChI is InChI=1S/C19H22O4/c1-4-13-9-10-18(23-3)15(11-13)16(19(20)21)12-14-7-5-6-8-17(14)22-2/h5-11,16H,4,12H2,1-3H3,(H,20,21). The molecule has 0 aliphatic heterocycles. The molecule has 0 spiro atoms. The molecule has 4 heteroatoms. The van der Waals surface area contributed by atoms with Crippen LogP contribution in [0.15, 0.2) is 42.5 Å². The van der Waals surface area contributed by atoms with Crippen molar-refractivity contribution in [2.45, 2.75) is 25.7 Å². The zero-order valence-electron chi connectivity index (χ0n) is 13.7. The van der Waals surface area contributed by atoms with Gasteiger partial charge < -0.3 is 14.6 Å². The number of benzene rings is 2. The summed E-state index contributed by atoms with van der Waals surface area (Å²) >= 11 is 0. The fourth-order valence-corrected chi connectivity index (χ4v) is 2.70. The summed E-state index contributed by atoms with van der Waals surface area (Å²) in [5, 5.41) is 9.74.